The summed E-state index contributed by atoms with van der Waals surface area (Å²) < 4.78 is 5.08. The van der Waals surface area contributed by atoms with E-state index >= 15 is 0 Å². The Kier molecular flexibility index (Phi) is 4.83. The SMILES string of the molecule is [N-]=[N+]=NCCNC(=O)CCc1ccco1. The molecule has 1 aromatic rings. The highest BCUT2D eigenvalue weighted by Crippen LogP contribution is 2.02. The van der Waals surface area contributed by atoms with Crippen LogP contribution in [-0.2, 0) is 11.2 Å². The number of carbonyl (C=O) groups excluding carboxylic acids is 1. The molecule has 6 nitrogen and oxygen atoms in total. The molecule has 6 heteroatoms. The summed E-state index contributed by atoms with van der Waals surface area (Å²) in [5, 5.41) is 5.94. The molecule has 15 heavy (non-hydrogen) atoms. The van der Waals surface area contributed by atoms with Gasteiger partial charge in [-0.2, -0.15) is 0 Å². The minimum atomic E-state index is -0.0699. The van der Waals surface area contributed by atoms with E-state index in [0.29, 0.717) is 19.4 Å². The minimum Gasteiger partial charge on any atom is -0.469 e. The quantitative estimate of drug-likeness (QED) is 0.333. The van der Waals surface area contributed by atoms with Crippen molar-refractivity contribution in [2.75, 3.05) is 13.1 Å². The predicted octanol–water partition coefficient (Wildman–Crippen LogP) is 1.64. The topological polar surface area (TPSA) is 91.0 Å². The lowest BCUT2D eigenvalue weighted by Crippen LogP contribution is -2.25. The van der Waals surface area contributed by atoms with Crippen LogP contribution in [0.1, 0.15) is 12.2 Å². The monoisotopic (exact) mass is 208 g/mol. The molecule has 0 fully saturated rings. The Morgan fingerprint density at radius 2 is 2.53 bits per heavy atom. The van der Waals surface area contributed by atoms with Crippen molar-refractivity contribution in [3.8, 4) is 0 Å². The molecule has 0 radical (unpaired) electrons. The summed E-state index contributed by atoms with van der Waals surface area (Å²) in [5.74, 6) is 0.722. The maximum atomic E-state index is 11.2. The highest BCUT2D eigenvalue weighted by Gasteiger charge is 2.02. The van der Waals surface area contributed by atoms with Gasteiger partial charge in [0.05, 0.1) is 6.26 Å². The number of rotatable bonds is 6. The first-order chi connectivity index (χ1) is 7.33. The maximum Gasteiger partial charge on any atom is 0.220 e. The van der Waals surface area contributed by atoms with Gasteiger partial charge in [0, 0.05) is 30.8 Å². The largest absolute Gasteiger partial charge is 0.469 e. The fourth-order valence-electron chi connectivity index (χ4n) is 1.07. The fourth-order valence-corrected chi connectivity index (χ4v) is 1.07. The molecular formula is C9H12N4O2. The first-order valence-electron chi connectivity index (χ1n) is 4.63. The van der Waals surface area contributed by atoms with E-state index in [1.54, 1.807) is 12.3 Å². The number of furan rings is 1. The molecule has 0 atom stereocenters. The van der Waals surface area contributed by atoms with E-state index in [2.05, 4.69) is 15.3 Å². The van der Waals surface area contributed by atoms with Crippen molar-refractivity contribution in [1.29, 1.82) is 0 Å². The molecule has 0 saturated carbocycles. The van der Waals surface area contributed by atoms with Gasteiger partial charge in [0.2, 0.25) is 5.91 Å². The van der Waals surface area contributed by atoms with Gasteiger partial charge in [0.25, 0.3) is 0 Å². The average Bonchev–Trinajstić information content (AvgIpc) is 2.74. The van der Waals surface area contributed by atoms with Crippen LogP contribution in [0.2, 0.25) is 0 Å². The third kappa shape index (κ3) is 4.73. The zero-order valence-electron chi connectivity index (χ0n) is 8.22. The average molecular weight is 208 g/mol. The van der Waals surface area contributed by atoms with Crippen molar-refractivity contribution in [1.82, 2.24) is 5.32 Å². The van der Waals surface area contributed by atoms with Crippen molar-refractivity contribution < 1.29 is 9.21 Å². The third-order valence-electron chi connectivity index (χ3n) is 1.78. The number of azide groups is 1. The summed E-state index contributed by atoms with van der Waals surface area (Å²) in [7, 11) is 0. The highest BCUT2D eigenvalue weighted by atomic mass is 16.3. The molecule has 1 aromatic heterocycles. The molecule has 0 unspecified atom stereocenters. The second kappa shape index (κ2) is 6.50. The molecule has 0 aliphatic rings. The number of aryl methyl sites for hydroxylation is 1. The van der Waals surface area contributed by atoms with Crippen molar-refractivity contribution in [3.05, 3.63) is 34.6 Å². The summed E-state index contributed by atoms with van der Waals surface area (Å²) in [6.07, 6.45) is 2.54. The Morgan fingerprint density at radius 1 is 1.67 bits per heavy atom. The molecule has 1 N–H and O–H groups in total. The van der Waals surface area contributed by atoms with E-state index in [1.807, 2.05) is 6.07 Å². The normalized spacial score (nSPS) is 9.33. The van der Waals surface area contributed by atoms with Crippen molar-refractivity contribution >= 4 is 5.91 Å². The lowest BCUT2D eigenvalue weighted by Gasteiger charge is -2.01. The van der Waals surface area contributed by atoms with Gasteiger partial charge in [0.15, 0.2) is 0 Å². The van der Waals surface area contributed by atoms with Gasteiger partial charge < -0.3 is 9.73 Å². The summed E-state index contributed by atoms with van der Waals surface area (Å²) in [4.78, 5) is 13.8. The molecular weight excluding hydrogens is 196 g/mol. The molecule has 0 bridgehead atoms. The second-order valence-corrected chi connectivity index (χ2v) is 2.88. The van der Waals surface area contributed by atoms with E-state index in [9.17, 15) is 4.79 Å². The minimum absolute atomic E-state index is 0.0699. The van der Waals surface area contributed by atoms with Crippen LogP contribution in [-0.4, -0.2) is 19.0 Å². The number of hydrogen-bond donors (Lipinski definition) is 1. The zero-order chi connectivity index (χ0) is 10.9. The lowest BCUT2D eigenvalue weighted by molar-refractivity contribution is -0.121. The first kappa shape index (κ1) is 11.1. The van der Waals surface area contributed by atoms with Crippen LogP contribution in [0.5, 0.6) is 0 Å². The van der Waals surface area contributed by atoms with Gasteiger partial charge >= 0.3 is 0 Å². The Bertz CT molecular complexity index is 341. The van der Waals surface area contributed by atoms with Gasteiger partial charge in [-0.05, 0) is 17.7 Å². The molecule has 1 rings (SSSR count). The third-order valence-corrected chi connectivity index (χ3v) is 1.78. The number of carbonyl (C=O) groups is 1. The lowest BCUT2D eigenvalue weighted by atomic mass is 10.2. The van der Waals surface area contributed by atoms with Gasteiger partial charge in [0.1, 0.15) is 5.76 Å². The van der Waals surface area contributed by atoms with E-state index < -0.39 is 0 Å². The van der Waals surface area contributed by atoms with E-state index in [1.165, 1.54) is 0 Å². The Labute approximate surface area is 86.9 Å². The summed E-state index contributed by atoms with van der Waals surface area (Å²) >= 11 is 0. The van der Waals surface area contributed by atoms with Gasteiger partial charge in [-0.15, -0.1) is 0 Å². The Hall–Kier alpha value is -1.94. The number of amides is 1. The van der Waals surface area contributed by atoms with Crippen LogP contribution >= 0.6 is 0 Å². The van der Waals surface area contributed by atoms with Crippen LogP contribution in [0.15, 0.2) is 27.9 Å². The predicted molar refractivity (Wildman–Crippen MR) is 54.1 cm³/mol. The van der Waals surface area contributed by atoms with E-state index in [-0.39, 0.29) is 12.5 Å². The maximum absolute atomic E-state index is 11.2. The van der Waals surface area contributed by atoms with Gasteiger partial charge in [-0.1, -0.05) is 5.11 Å². The molecule has 0 aromatic carbocycles. The fraction of sp³-hybridized carbons (Fsp3) is 0.444. The molecule has 80 valence electrons. The molecule has 1 amide bonds. The first-order valence-corrected chi connectivity index (χ1v) is 4.63. The van der Waals surface area contributed by atoms with Crippen LogP contribution in [0, 0.1) is 0 Å². The number of nitrogens with one attached hydrogen (secondary N) is 1. The van der Waals surface area contributed by atoms with Crippen molar-refractivity contribution in [2.45, 2.75) is 12.8 Å². The molecule has 0 aliphatic carbocycles. The van der Waals surface area contributed by atoms with Crippen molar-refractivity contribution in [3.63, 3.8) is 0 Å². The second-order valence-electron chi connectivity index (χ2n) is 2.88. The van der Waals surface area contributed by atoms with E-state index in [0.717, 1.165) is 5.76 Å². The highest BCUT2D eigenvalue weighted by molar-refractivity contribution is 5.76. The molecule has 1 heterocycles. The molecule has 0 spiro atoms. The van der Waals surface area contributed by atoms with Gasteiger partial charge in [-0.25, -0.2) is 0 Å². The number of hydrogen-bond acceptors (Lipinski definition) is 3. The summed E-state index contributed by atoms with van der Waals surface area (Å²) in [6, 6.07) is 3.61. The Morgan fingerprint density at radius 3 is 3.20 bits per heavy atom. The van der Waals surface area contributed by atoms with Crippen LogP contribution in [0.25, 0.3) is 10.4 Å². The number of nitrogens with zero attached hydrogens (tertiary/aromatic N) is 3. The van der Waals surface area contributed by atoms with Crippen LogP contribution in [0.3, 0.4) is 0 Å². The standard InChI is InChI=1S/C9H12N4O2/c10-13-12-6-5-11-9(14)4-3-8-2-1-7-15-8/h1-2,7H,3-6H2,(H,11,14). The Balaban J connectivity index is 2.11. The van der Waals surface area contributed by atoms with Crippen molar-refractivity contribution in [2.24, 2.45) is 5.11 Å². The zero-order valence-corrected chi connectivity index (χ0v) is 8.22. The summed E-state index contributed by atoms with van der Waals surface area (Å²) in [6.45, 7) is 0.657. The van der Waals surface area contributed by atoms with E-state index in [4.69, 9.17) is 9.95 Å². The summed E-state index contributed by atoms with van der Waals surface area (Å²) in [5.41, 5.74) is 7.99. The molecule has 0 aliphatic heterocycles. The smallest absolute Gasteiger partial charge is 0.220 e. The van der Waals surface area contributed by atoms with Crippen LogP contribution < -0.4 is 5.32 Å². The van der Waals surface area contributed by atoms with Gasteiger partial charge in [-0.3, -0.25) is 4.79 Å². The van der Waals surface area contributed by atoms with Crippen LogP contribution in [0.4, 0.5) is 0 Å². The molecule has 0 saturated heterocycles.